The number of sulfone groups is 1. The van der Waals surface area contributed by atoms with Crippen LogP contribution in [0.4, 0.5) is 0 Å². The fraction of sp³-hybridized carbons (Fsp3) is 0.500. The minimum atomic E-state index is -4.08. The number of hydrogen-bond acceptors (Lipinski definition) is 5. The first-order chi connectivity index (χ1) is 10.5. The first-order valence-electron chi connectivity index (χ1n) is 7.02. The second kappa shape index (κ2) is 5.88. The maximum absolute atomic E-state index is 12.9. The Hall–Kier alpha value is -1.45. The lowest BCUT2D eigenvalue weighted by atomic mass is 10.2. The summed E-state index contributed by atoms with van der Waals surface area (Å²) in [4.78, 5) is 11.1. The van der Waals surface area contributed by atoms with Gasteiger partial charge < -0.3 is 5.11 Å². The van der Waals surface area contributed by atoms with Crippen LogP contribution in [-0.2, 0) is 24.7 Å². The minimum Gasteiger partial charge on any atom is -0.480 e. The molecule has 23 heavy (non-hydrogen) atoms. The molecule has 0 amide bonds. The molecule has 1 N–H and O–H groups in total. The summed E-state index contributed by atoms with van der Waals surface area (Å²) in [6.45, 7) is 3.14. The van der Waals surface area contributed by atoms with Crippen molar-refractivity contribution < 1.29 is 26.7 Å². The molecule has 0 saturated carbocycles. The highest BCUT2D eigenvalue weighted by Crippen LogP contribution is 2.31. The van der Waals surface area contributed by atoms with Crippen LogP contribution in [0.25, 0.3) is 0 Å². The Balaban J connectivity index is 2.66. The van der Waals surface area contributed by atoms with E-state index in [-0.39, 0.29) is 28.3 Å². The molecule has 7 nitrogen and oxygen atoms in total. The van der Waals surface area contributed by atoms with E-state index in [1.54, 1.807) is 6.92 Å². The smallest absolute Gasteiger partial charge is 0.322 e. The fourth-order valence-corrected chi connectivity index (χ4v) is 5.96. The van der Waals surface area contributed by atoms with Crippen molar-refractivity contribution in [3.63, 3.8) is 0 Å². The van der Waals surface area contributed by atoms with Crippen molar-refractivity contribution in [3.8, 4) is 0 Å². The fourth-order valence-electron chi connectivity index (χ4n) is 2.85. The van der Waals surface area contributed by atoms with Gasteiger partial charge >= 0.3 is 5.97 Å². The molecule has 1 aliphatic heterocycles. The summed E-state index contributed by atoms with van der Waals surface area (Å²) in [5, 5.41) is 9.20. The van der Waals surface area contributed by atoms with E-state index in [9.17, 15) is 26.7 Å². The van der Waals surface area contributed by atoms with E-state index in [0.29, 0.717) is 12.0 Å². The molecule has 128 valence electrons. The van der Waals surface area contributed by atoms with Crippen LogP contribution in [-0.4, -0.2) is 51.1 Å². The number of sulfonamides is 1. The lowest BCUT2D eigenvalue weighted by molar-refractivity contribution is -0.140. The van der Waals surface area contributed by atoms with Crippen LogP contribution in [0.5, 0.6) is 0 Å². The van der Waals surface area contributed by atoms with Gasteiger partial charge in [0.05, 0.1) is 9.79 Å². The monoisotopic (exact) mass is 361 g/mol. The van der Waals surface area contributed by atoms with Gasteiger partial charge in [-0.25, -0.2) is 16.8 Å². The standard InChI is InChI=1S/C14H19NO6S2/c1-9-7-12(22(3,18)19)10(2)13(8-9)23(20,21)15-6-4-5-11(15)14(16)17/h7-8,11H,4-6H2,1-3H3,(H,16,17)/t11-/m1/s1. The maximum atomic E-state index is 12.9. The van der Waals surface area contributed by atoms with E-state index < -0.39 is 31.9 Å². The molecule has 9 heteroatoms. The molecule has 1 saturated heterocycles. The normalized spacial score (nSPS) is 19.9. The number of hydrogen-bond donors (Lipinski definition) is 1. The summed E-state index contributed by atoms with van der Waals surface area (Å²) in [5.74, 6) is -1.19. The van der Waals surface area contributed by atoms with Gasteiger partial charge in [-0.15, -0.1) is 0 Å². The number of carboxylic acid groups (broad SMARTS) is 1. The van der Waals surface area contributed by atoms with Crippen LogP contribution in [0.2, 0.25) is 0 Å². The second-order valence-electron chi connectivity index (χ2n) is 5.77. The zero-order chi connectivity index (χ0) is 17.6. The highest BCUT2D eigenvalue weighted by atomic mass is 32.2. The second-order valence-corrected chi connectivity index (χ2v) is 9.61. The van der Waals surface area contributed by atoms with Crippen LogP contribution in [0.3, 0.4) is 0 Å². The molecule has 1 atom stereocenters. The van der Waals surface area contributed by atoms with Gasteiger partial charge in [-0.05, 0) is 49.9 Å². The number of carboxylic acids is 1. The predicted molar refractivity (Wildman–Crippen MR) is 83.6 cm³/mol. The summed E-state index contributed by atoms with van der Waals surface area (Å²) in [6, 6.07) is 1.69. The molecule has 1 heterocycles. The van der Waals surface area contributed by atoms with Crippen molar-refractivity contribution in [2.75, 3.05) is 12.8 Å². The number of carbonyl (C=O) groups is 1. The van der Waals surface area contributed by atoms with Crippen LogP contribution in [0, 0.1) is 13.8 Å². The van der Waals surface area contributed by atoms with Gasteiger partial charge in [-0.1, -0.05) is 0 Å². The molecule has 0 aromatic heterocycles. The van der Waals surface area contributed by atoms with Crippen molar-refractivity contribution >= 4 is 25.8 Å². The molecule has 1 aromatic rings. The van der Waals surface area contributed by atoms with Crippen molar-refractivity contribution in [2.45, 2.75) is 42.5 Å². The molecule has 0 radical (unpaired) electrons. The van der Waals surface area contributed by atoms with Gasteiger partial charge in [-0.3, -0.25) is 4.79 Å². The summed E-state index contributed by atoms with van der Waals surface area (Å²) < 4.78 is 50.4. The highest BCUT2D eigenvalue weighted by Gasteiger charge is 2.40. The molecule has 2 rings (SSSR count). The zero-order valence-corrected chi connectivity index (χ0v) is 14.7. The summed E-state index contributed by atoms with van der Waals surface area (Å²) in [7, 11) is -7.67. The average molecular weight is 361 g/mol. The van der Waals surface area contributed by atoms with Crippen molar-refractivity contribution in [3.05, 3.63) is 23.3 Å². The van der Waals surface area contributed by atoms with E-state index in [2.05, 4.69) is 0 Å². The van der Waals surface area contributed by atoms with Crippen LogP contribution < -0.4 is 0 Å². The van der Waals surface area contributed by atoms with Gasteiger partial charge in [0.1, 0.15) is 6.04 Å². The first-order valence-corrected chi connectivity index (χ1v) is 10.4. The predicted octanol–water partition coefficient (Wildman–Crippen LogP) is 0.945. The Labute approximate surface area is 135 Å². The number of nitrogens with zero attached hydrogens (tertiary/aromatic N) is 1. The van der Waals surface area contributed by atoms with Crippen LogP contribution >= 0.6 is 0 Å². The Bertz CT molecular complexity index is 857. The van der Waals surface area contributed by atoms with Gasteiger partial charge in [0, 0.05) is 12.8 Å². The van der Waals surface area contributed by atoms with E-state index >= 15 is 0 Å². The molecule has 1 fully saturated rings. The molecule has 0 bridgehead atoms. The third-order valence-electron chi connectivity index (χ3n) is 3.93. The van der Waals surface area contributed by atoms with E-state index in [1.165, 1.54) is 19.1 Å². The van der Waals surface area contributed by atoms with Gasteiger partial charge in [0.25, 0.3) is 0 Å². The maximum Gasteiger partial charge on any atom is 0.322 e. The van der Waals surface area contributed by atoms with E-state index in [4.69, 9.17) is 0 Å². The molecule has 1 aromatic carbocycles. The third-order valence-corrected chi connectivity index (χ3v) is 7.19. The molecule has 0 unspecified atom stereocenters. The molecular formula is C14H19NO6S2. The lowest BCUT2D eigenvalue weighted by Crippen LogP contribution is -2.40. The topological polar surface area (TPSA) is 109 Å². The zero-order valence-electron chi connectivity index (χ0n) is 13.1. The van der Waals surface area contributed by atoms with Crippen molar-refractivity contribution in [1.82, 2.24) is 4.31 Å². The number of aryl methyl sites for hydroxylation is 1. The van der Waals surface area contributed by atoms with Gasteiger partial charge in [0.2, 0.25) is 10.0 Å². The SMILES string of the molecule is Cc1cc(S(C)(=O)=O)c(C)c(S(=O)(=O)N2CCC[C@@H]2C(=O)O)c1. The Morgan fingerprint density at radius 2 is 1.74 bits per heavy atom. The Kier molecular flexibility index (Phi) is 4.57. The minimum absolute atomic E-state index is 0.0536. The first kappa shape index (κ1) is 17.9. The average Bonchev–Trinajstić information content (AvgIpc) is 2.89. The number of aliphatic carboxylic acids is 1. The van der Waals surface area contributed by atoms with Gasteiger partial charge in [-0.2, -0.15) is 4.31 Å². The third kappa shape index (κ3) is 3.26. The summed E-state index contributed by atoms with van der Waals surface area (Å²) >= 11 is 0. The molecule has 1 aliphatic rings. The summed E-state index contributed by atoms with van der Waals surface area (Å²) in [5.41, 5.74) is 0.606. The van der Waals surface area contributed by atoms with E-state index in [1.807, 2.05) is 0 Å². The van der Waals surface area contributed by atoms with Crippen molar-refractivity contribution in [1.29, 1.82) is 0 Å². The molecule has 0 aliphatic carbocycles. The number of rotatable bonds is 4. The largest absolute Gasteiger partial charge is 0.480 e. The number of benzene rings is 1. The highest BCUT2D eigenvalue weighted by molar-refractivity contribution is 7.91. The molecular weight excluding hydrogens is 342 g/mol. The van der Waals surface area contributed by atoms with Crippen LogP contribution in [0.15, 0.2) is 21.9 Å². The van der Waals surface area contributed by atoms with Gasteiger partial charge in [0.15, 0.2) is 9.84 Å². The quantitative estimate of drug-likeness (QED) is 0.855. The lowest BCUT2D eigenvalue weighted by Gasteiger charge is -2.23. The van der Waals surface area contributed by atoms with E-state index in [0.717, 1.165) is 10.6 Å². The Morgan fingerprint density at radius 1 is 1.17 bits per heavy atom. The van der Waals surface area contributed by atoms with Crippen molar-refractivity contribution in [2.24, 2.45) is 0 Å². The summed E-state index contributed by atoms with van der Waals surface area (Å²) in [6.07, 6.45) is 1.72. The molecule has 0 spiro atoms. The Morgan fingerprint density at radius 3 is 2.26 bits per heavy atom. The van der Waals surface area contributed by atoms with Crippen LogP contribution in [0.1, 0.15) is 24.0 Å².